The highest BCUT2D eigenvalue weighted by Crippen LogP contribution is 2.11. The Hall–Kier alpha value is -2.95. The first-order valence-electron chi connectivity index (χ1n) is 7.63. The smallest absolute Gasteiger partial charge is 0.339 e. The molecule has 0 atom stereocenters. The van der Waals surface area contributed by atoms with E-state index < -0.39 is 11.9 Å². The normalized spacial score (nSPS) is 10.2. The Morgan fingerprint density at radius 2 is 1.50 bits per heavy atom. The van der Waals surface area contributed by atoms with Gasteiger partial charge in [0, 0.05) is 6.42 Å². The SMILES string of the molecule is O=C(CCCc1ccccc1)COC(=O)c1ccccc1C(=O)O. The molecule has 0 radical (unpaired) electrons. The lowest BCUT2D eigenvalue weighted by atomic mass is 10.1. The van der Waals surface area contributed by atoms with E-state index in [9.17, 15) is 14.4 Å². The highest BCUT2D eigenvalue weighted by Gasteiger charge is 2.17. The fourth-order valence-corrected chi connectivity index (χ4v) is 2.28. The van der Waals surface area contributed by atoms with Crippen molar-refractivity contribution in [3.63, 3.8) is 0 Å². The molecule has 0 fully saturated rings. The van der Waals surface area contributed by atoms with Crippen molar-refractivity contribution in [2.24, 2.45) is 0 Å². The van der Waals surface area contributed by atoms with E-state index in [-0.39, 0.29) is 23.5 Å². The van der Waals surface area contributed by atoms with Crippen LogP contribution in [0.15, 0.2) is 54.6 Å². The standard InChI is InChI=1S/C19H18O5/c20-15(10-6-9-14-7-2-1-3-8-14)13-24-19(23)17-12-5-4-11-16(17)18(21)22/h1-5,7-8,11-12H,6,9-10,13H2,(H,21,22). The number of Topliss-reactive ketones (excluding diaryl/α,β-unsaturated/α-hetero) is 1. The summed E-state index contributed by atoms with van der Waals surface area (Å²) in [5, 5.41) is 9.04. The van der Waals surface area contributed by atoms with E-state index in [1.807, 2.05) is 30.3 Å². The molecule has 0 saturated heterocycles. The molecule has 2 rings (SSSR count). The van der Waals surface area contributed by atoms with Crippen LogP contribution in [0, 0.1) is 0 Å². The molecule has 5 heteroatoms. The molecular formula is C19H18O5. The predicted octanol–water partition coefficient (Wildman–Crippen LogP) is 3.13. The molecule has 2 aromatic carbocycles. The van der Waals surface area contributed by atoms with Crippen molar-refractivity contribution in [1.29, 1.82) is 0 Å². The number of hydrogen-bond donors (Lipinski definition) is 1. The number of carbonyl (C=O) groups is 3. The van der Waals surface area contributed by atoms with Crippen LogP contribution in [0.1, 0.15) is 39.1 Å². The van der Waals surface area contributed by atoms with Crippen molar-refractivity contribution in [3.8, 4) is 0 Å². The van der Waals surface area contributed by atoms with E-state index in [1.165, 1.54) is 18.2 Å². The monoisotopic (exact) mass is 326 g/mol. The molecular weight excluding hydrogens is 308 g/mol. The summed E-state index contributed by atoms with van der Waals surface area (Å²) in [5.41, 5.74) is 0.957. The van der Waals surface area contributed by atoms with Crippen molar-refractivity contribution in [1.82, 2.24) is 0 Å². The summed E-state index contributed by atoms with van der Waals surface area (Å²) in [5.74, 6) is -2.20. The van der Waals surface area contributed by atoms with E-state index in [0.29, 0.717) is 12.8 Å². The van der Waals surface area contributed by atoms with Gasteiger partial charge < -0.3 is 9.84 Å². The number of carboxylic acid groups (broad SMARTS) is 1. The van der Waals surface area contributed by atoms with Crippen LogP contribution in [-0.2, 0) is 16.0 Å². The molecule has 5 nitrogen and oxygen atoms in total. The van der Waals surface area contributed by atoms with Gasteiger partial charge in [-0.15, -0.1) is 0 Å². The Morgan fingerprint density at radius 1 is 0.875 bits per heavy atom. The van der Waals surface area contributed by atoms with Crippen molar-refractivity contribution < 1.29 is 24.2 Å². The van der Waals surface area contributed by atoms with Gasteiger partial charge in [0.2, 0.25) is 0 Å². The van der Waals surface area contributed by atoms with Gasteiger partial charge in [0.25, 0.3) is 0 Å². The first-order valence-corrected chi connectivity index (χ1v) is 7.63. The van der Waals surface area contributed by atoms with Gasteiger partial charge in [-0.2, -0.15) is 0 Å². The molecule has 1 N–H and O–H groups in total. The van der Waals surface area contributed by atoms with Gasteiger partial charge in [-0.05, 0) is 30.5 Å². The summed E-state index contributed by atoms with van der Waals surface area (Å²) in [7, 11) is 0. The minimum Gasteiger partial charge on any atom is -0.478 e. The molecule has 0 heterocycles. The molecule has 0 unspecified atom stereocenters. The summed E-state index contributed by atoms with van der Waals surface area (Å²) in [6.07, 6.45) is 1.76. The second kappa shape index (κ2) is 8.62. The lowest BCUT2D eigenvalue weighted by Gasteiger charge is -2.07. The predicted molar refractivity (Wildman–Crippen MR) is 88.1 cm³/mol. The van der Waals surface area contributed by atoms with Gasteiger partial charge in [-0.25, -0.2) is 9.59 Å². The number of ketones is 1. The summed E-state index contributed by atoms with van der Waals surface area (Å²) in [4.78, 5) is 34.8. The quantitative estimate of drug-likeness (QED) is 0.754. The summed E-state index contributed by atoms with van der Waals surface area (Å²) < 4.78 is 4.93. The van der Waals surface area contributed by atoms with Crippen LogP contribution in [0.4, 0.5) is 0 Å². The molecule has 0 amide bonds. The molecule has 0 aliphatic carbocycles. The lowest BCUT2D eigenvalue weighted by Crippen LogP contribution is -2.16. The number of aromatic carboxylic acids is 1. The number of ether oxygens (including phenoxy) is 1. The summed E-state index contributed by atoms with van der Waals surface area (Å²) in [6.45, 7) is -0.346. The van der Waals surface area contributed by atoms with Crippen LogP contribution >= 0.6 is 0 Å². The highest BCUT2D eigenvalue weighted by atomic mass is 16.5. The van der Waals surface area contributed by atoms with Gasteiger partial charge >= 0.3 is 11.9 Å². The van der Waals surface area contributed by atoms with Crippen LogP contribution in [0.5, 0.6) is 0 Å². The zero-order valence-electron chi connectivity index (χ0n) is 13.1. The maximum absolute atomic E-state index is 11.9. The molecule has 0 spiro atoms. The van der Waals surface area contributed by atoms with Crippen LogP contribution in [0.3, 0.4) is 0 Å². The number of benzene rings is 2. The van der Waals surface area contributed by atoms with E-state index in [2.05, 4.69) is 0 Å². The maximum Gasteiger partial charge on any atom is 0.339 e. The number of esters is 1. The highest BCUT2D eigenvalue weighted by molar-refractivity contribution is 6.02. The van der Waals surface area contributed by atoms with Crippen molar-refractivity contribution in [2.75, 3.05) is 6.61 Å². The van der Waals surface area contributed by atoms with Gasteiger partial charge in [0.1, 0.15) is 6.61 Å². The Balaban J connectivity index is 1.79. The van der Waals surface area contributed by atoms with Gasteiger partial charge in [0.05, 0.1) is 11.1 Å². The number of rotatable bonds is 8. The first-order chi connectivity index (χ1) is 11.6. The average molecular weight is 326 g/mol. The third kappa shape index (κ3) is 5.05. The van der Waals surface area contributed by atoms with Crippen LogP contribution < -0.4 is 0 Å². The van der Waals surface area contributed by atoms with E-state index in [1.54, 1.807) is 6.07 Å². The largest absolute Gasteiger partial charge is 0.478 e. The minimum atomic E-state index is -1.21. The third-order valence-electron chi connectivity index (χ3n) is 3.51. The number of carboxylic acids is 1. The molecule has 24 heavy (non-hydrogen) atoms. The third-order valence-corrected chi connectivity index (χ3v) is 3.51. The Morgan fingerprint density at radius 3 is 2.17 bits per heavy atom. The molecule has 0 aliphatic rings. The number of carbonyl (C=O) groups excluding carboxylic acids is 2. The van der Waals surface area contributed by atoms with E-state index in [4.69, 9.17) is 9.84 Å². The Kier molecular flexibility index (Phi) is 6.25. The van der Waals surface area contributed by atoms with E-state index in [0.717, 1.165) is 12.0 Å². The summed E-state index contributed by atoms with van der Waals surface area (Å²) >= 11 is 0. The first kappa shape index (κ1) is 17.4. The minimum absolute atomic E-state index is 0.0536. The Bertz CT molecular complexity index is 722. The van der Waals surface area contributed by atoms with Crippen molar-refractivity contribution in [2.45, 2.75) is 19.3 Å². The molecule has 2 aromatic rings. The number of hydrogen-bond acceptors (Lipinski definition) is 4. The van der Waals surface area contributed by atoms with Gasteiger partial charge in [0.15, 0.2) is 5.78 Å². The second-order valence-electron chi connectivity index (χ2n) is 5.30. The topological polar surface area (TPSA) is 80.7 Å². The van der Waals surface area contributed by atoms with E-state index >= 15 is 0 Å². The fraction of sp³-hybridized carbons (Fsp3) is 0.211. The molecule has 124 valence electrons. The molecule has 0 saturated carbocycles. The van der Waals surface area contributed by atoms with Gasteiger partial charge in [-0.1, -0.05) is 42.5 Å². The average Bonchev–Trinajstić information content (AvgIpc) is 2.60. The van der Waals surface area contributed by atoms with Crippen LogP contribution in [-0.4, -0.2) is 29.4 Å². The summed E-state index contributed by atoms with van der Waals surface area (Å²) in [6, 6.07) is 15.6. The maximum atomic E-state index is 11.9. The molecule has 0 bridgehead atoms. The van der Waals surface area contributed by atoms with Gasteiger partial charge in [-0.3, -0.25) is 4.79 Å². The second-order valence-corrected chi connectivity index (χ2v) is 5.30. The van der Waals surface area contributed by atoms with Crippen molar-refractivity contribution in [3.05, 3.63) is 71.3 Å². The van der Waals surface area contributed by atoms with Crippen molar-refractivity contribution >= 4 is 17.7 Å². The van der Waals surface area contributed by atoms with Crippen LogP contribution in [0.2, 0.25) is 0 Å². The molecule has 0 aliphatic heterocycles. The lowest BCUT2D eigenvalue weighted by molar-refractivity contribution is -0.122. The Labute approximate surface area is 139 Å². The zero-order valence-corrected chi connectivity index (χ0v) is 13.1. The zero-order chi connectivity index (χ0) is 17.4. The molecule has 0 aromatic heterocycles. The fourth-order valence-electron chi connectivity index (χ4n) is 2.28. The number of aryl methyl sites for hydroxylation is 1. The van der Waals surface area contributed by atoms with Crippen LogP contribution in [0.25, 0.3) is 0 Å².